The molecule has 1 rings (SSSR count). The Bertz CT molecular complexity index is 422. The van der Waals surface area contributed by atoms with Crippen LogP contribution < -0.4 is 10.0 Å². The molecule has 1 fully saturated rings. The van der Waals surface area contributed by atoms with E-state index >= 15 is 0 Å². The van der Waals surface area contributed by atoms with E-state index in [2.05, 4.69) is 10.0 Å². The average molecular weight is 308 g/mol. The van der Waals surface area contributed by atoms with Crippen molar-refractivity contribution in [3.8, 4) is 0 Å². The molecule has 1 unspecified atom stereocenters. The number of ether oxygens (including phenoxy) is 2. The third-order valence-corrected chi connectivity index (χ3v) is 3.36. The molecule has 0 aromatic heterocycles. The van der Waals surface area contributed by atoms with E-state index in [9.17, 15) is 13.2 Å². The molecule has 2 N–H and O–H groups in total. The highest BCUT2D eigenvalue weighted by atomic mass is 32.2. The van der Waals surface area contributed by atoms with Gasteiger partial charge in [-0.15, -0.1) is 0 Å². The zero-order valence-electron chi connectivity index (χ0n) is 12.4. The maximum atomic E-state index is 11.6. The van der Waals surface area contributed by atoms with Crippen molar-refractivity contribution >= 4 is 16.1 Å². The molecule has 0 radical (unpaired) electrons. The van der Waals surface area contributed by atoms with E-state index in [-0.39, 0.29) is 18.7 Å². The largest absolute Gasteiger partial charge is 0.444 e. The van der Waals surface area contributed by atoms with Gasteiger partial charge >= 0.3 is 6.09 Å². The van der Waals surface area contributed by atoms with E-state index in [1.54, 1.807) is 20.8 Å². The Balaban J connectivity index is 2.27. The van der Waals surface area contributed by atoms with Crippen molar-refractivity contribution in [1.82, 2.24) is 10.0 Å². The molecule has 2 atom stereocenters. The fourth-order valence-electron chi connectivity index (χ4n) is 1.80. The number of amides is 1. The van der Waals surface area contributed by atoms with Crippen LogP contribution in [0.5, 0.6) is 0 Å². The fraction of sp³-hybridized carbons (Fsp3) is 0.917. The van der Waals surface area contributed by atoms with Gasteiger partial charge in [-0.2, -0.15) is 0 Å². The van der Waals surface area contributed by atoms with Crippen LogP contribution in [0.25, 0.3) is 0 Å². The molecule has 7 nitrogen and oxygen atoms in total. The molecule has 1 aliphatic rings. The van der Waals surface area contributed by atoms with Gasteiger partial charge in [0.1, 0.15) is 5.60 Å². The first-order valence-corrected chi connectivity index (χ1v) is 8.50. The number of carbonyl (C=O) groups is 1. The Morgan fingerprint density at radius 3 is 2.45 bits per heavy atom. The van der Waals surface area contributed by atoms with Gasteiger partial charge in [-0.25, -0.2) is 17.9 Å². The van der Waals surface area contributed by atoms with Gasteiger partial charge in [-0.1, -0.05) is 0 Å². The van der Waals surface area contributed by atoms with Crippen LogP contribution >= 0.6 is 0 Å². The lowest BCUT2D eigenvalue weighted by atomic mass is 10.1. The Kier molecular flexibility index (Phi) is 5.79. The number of hydrogen-bond donors (Lipinski definition) is 2. The summed E-state index contributed by atoms with van der Waals surface area (Å²) >= 11 is 0. The van der Waals surface area contributed by atoms with E-state index in [4.69, 9.17) is 9.47 Å². The molecule has 0 saturated carbocycles. The van der Waals surface area contributed by atoms with E-state index in [1.165, 1.54) is 0 Å². The summed E-state index contributed by atoms with van der Waals surface area (Å²) in [6.45, 7) is 6.03. The Labute approximate surface area is 120 Å². The topological polar surface area (TPSA) is 93.7 Å². The smallest absolute Gasteiger partial charge is 0.407 e. The second kappa shape index (κ2) is 6.73. The predicted molar refractivity (Wildman–Crippen MR) is 75.0 cm³/mol. The van der Waals surface area contributed by atoms with Crippen LogP contribution in [0, 0.1) is 0 Å². The third-order valence-electron chi connectivity index (χ3n) is 2.66. The first-order valence-electron chi connectivity index (χ1n) is 6.61. The van der Waals surface area contributed by atoms with Crippen LogP contribution in [0.2, 0.25) is 0 Å². The van der Waals surface area contributed by atoms with Gasteiger partial charge in [0.25, 0.3) is 0 Å². The highest BCUT2D eigenvalue weighted by Crippen LogP contribution is 2.14. The molecular weight excluding hydrogens is 284 g/mol. The lowest BCUT2D eigenvalue weighted by Crippen LogP contribution is -2.46. The van der Waals surface area contributed by atoms with Crippen LogP contribution in [0.15, 0.2) is 0 Å². The standard InChI is InChI=1S/C12H24N2O5S/c1-12(2,3)19-11(15)14-9-5-6-10(18-8-9)7-13-20(4,16)17/h9-10,13H,5-8H2,1-4H3,(H,14,15)/t9?,10-/m0/s1. The summed E-state index contributed by atoms with van der Waals surface area (Å²) in [6.07, 6.45) is 1.92. The van der Waals surface area contributed by atoms with Gasteiger partial charge < -0.3 is 14.8 Å². The normalized spacial score (nSPS) is 24.2. The molecule has 0 aromatic rings. The summed E-state index contributed by atoms with van der Waals surface area (Å²) in [5.41, 5.74) is -0.526. The summed E-state index contributed by atoms with van der Waals surface area (Å²) in [7, 11) is -3.20. The fourth-order valence-corrected chi connectivity index (χ4v) is 2.29. The highest BCUT2D eigenvalue weighted by molar-refractivity contribution is 7.88. The number of carbonyl (C=O) groups excluding carboxylic acids is 1. The van der Waals surface area contributed by atoms with E-state index in [0.717, 1.165) is 12.7 Å². The lowest BCUT2D eigenvalue weighted by Gasteiger charge is -2.30. The van der Waals surface area contributed by atoms with E-state index in [1.807, 2.05) is 0 Å². The number of alkyl carbamates (subject to hydrolysis) is 1. The van der Waals surface area contributed by atoms with Crippen molar-refractivity contribution in [1.29, 1.82) is 0 Å². The van der Waals surface area contributed by atoms with Gasteiger partial charge in [0, 0.05) is 6.54 Å². The SMILES string of the molecule is CC(C)(C)OC(=O)NC1CC[C@@H](CNS(C)(=O)=O)OC1. The Morgan fingerprint density at radius 1 is 1.35 bits per heavy atom. The van der Waals surface area contributed by atoms with Gasteiger partial charge in [0.05, 0.1) is 25.0 Å². The predicted octanol–water partition coefficient (Wildman–Crippen LogP) is 0.608. The zero-order valence-corrected chi connectivity index (χ0v) is 13.2. The molecule has 1 amide bonds. The molecule has 1 heterocycles. The Morgan fingerprint density at radius 2 is 2.00 bits per heavy atom. The quantitative estimate of drug-likeness (QED) is 0.793. The summed E-state index contributed by atoms with van der Waals surface area (Å²) in [4.78, 5) is 11.6. The molecule has 0 spiro atoms. The van der Waals surface area contributed by atoms with Crippen molar-refractivity contribution in [3.63, 3.8) is 0 Å². The molecule has 20 heavy (non-hydrogen) atoms. The lowest BCUT2D eigenvalue weighted by molar-refractivity contribution is -0.00475. The van der Waals surface area contributed by atoms with Crippen molar-refractivity contribution < 1.29 is 22.7 Å². The van der Waals surface area contributed by atoms with Crippen LogP contribution in [0.1, 0.15) is 33.6 Å². The second-order valence-corrected chi connectivity index (χ2v) is 7.83. The highest BCUT2D eigenvalue weighted by Gasteiger charge is 2.25. The zero-order chi connectivity index (χ0) is 15.4. The number of nitrogens with one attached hydrogen (secondary N) is 2. The summed E-state index contributed by atoms with van der Waals surface area (Å²) in [6, 6.07) is -0.0978. The van der Waals surface area contributed by atoms with Gasteiger partial charge in [-0.3, -0.25) is 0 Å². The van der Waals surface area contributed by atoms with Crippen molar-refractivity contribution in [2.75, 3.05) is 19.4 Å². The van der Waals surface area contributed by atoms with Gasteiger partial charge in [-0.05, 0) is 33.6 Å². The molecule has 118 valence electrons. The molecule has 1 aliphatic heterocycles. The van der Waals surface area contributed by atoms with Crippen LogP contribution in [0.3, 0.4) is 0 Å². The molecule has 0 aromatic carbocycles. The number of hydrogen-bond acceptors (Lipinski definition) is 5. The van der Waals surface area contributed by atoms with E-state index < -0.39 is 21.7 Å². The van der Waals surface area contributed by atoms with E-state index in [0.29, 0.717) is 13.0 Å². The van der Waals surface area contributed by atoms with Gasteiger partial charge in [0.15, 0.2) is 0 Å². The maximum Gasteiger partial charge on any atom is 0.407 e. The minimum atomic E-state index is -3.20. The molecular formula is C12H24N2O5S. The summed E-state index contributed by atoms with van der Waals surface area (Å²) in [5.74, 6) is 0. The molecule has 8 heteroatoms. The minimum absolute atomic E-state index is 0.0978. The second-order valence-electron chi connectivity index (χ2n) is 6.00. The monoisotopic (exact) mass is 308 g/mol. The molecule has 1 saturated heterocycles. The van der Waals surface area contributed by atoms with Crippen molar-refractivity contribution in [3.05, 3.63) is 0 Å². The first-order chi connectivity index (χ1) is 9.05. The first kappa shape index (κ1) is 17.2. The van der Waals surface area contributed by atoms with Crippen molar-refractivity contribution in [2.45, 2.75) is 51.4 Å². The maximum absolute atomic E-state index is 11.6. The molecule has 0 bridgehead atoms. The summed E-state index contributed by atoms with van der Waals surface area (Å²) in [5, 5.41) is 2.74. The number of rotatable bonds is 4. The third kappa shape index (κ3) is 7.66. The van der Waals surface area contributed by atoms with Crippen LogP contribution in [-0.4, -0.2) is 51.7 Å². The number of sulfonamides is 1. The average Bonchev–Trinajstić information content (AvgIpc) is 2.24. The van der Waals surface area contributed by atoms with Gasteiger partial charge in [0.2, 0.25) is 10.0 Å². The van der Waals surface area contributed by atoms with Crippen LogP contribution in [0.4, 0.5) is 4.79 Å². The minimum Gasteiger partial charge on any atom is -0.444 e. The van der Waals surface area contributed by atoms with Crippen molar-refractivity contribution in [2.24, 2.45) is 0 Å². The van der Waals surface area contributed by atoms with Crippen LogP contribution in [-0.2, 0) is 19.5 Å². The summed E-state index contributed by atoms with van der Waals surface area (Å²) < 4.78 is 35.0. The Hall–Kier alpha value is -0.860. The molecule has 0 aliphatic carbocycles.